The average Bonchev–Trinajstić information content (AvgIpc) is 3.62. The van der Waals surface area contributed by atoms with Crippen molar-refractivity contribution in [2.45, 2.75) is 60.2 Å². The lowest BCUT2D eigenvalue weighted by atomic mass is 9.88. The lowest BCUT2D eigenvalue weighted by molar-refractivity contribution is -0.633. The van der Waals surface area contributed by atoms with Gasteiger partial charge in [-0.05, 0) is 85.6 Å². The Morgan fingerprint density at radius 3 is 2.21 bits per heavy atom. The fourth-order valence-electron chi connectivity index (χ4n) is 7.25. The zero-order chi connectivity index (χ0) is 38.4. The fraction of sp³-hybridized carbons (Fsp3) is 0.233. The molecule has 0 saturated carbocycles. The first-order valence-electron chi connectivity index (χ1n) is 19.5. The van der Waals surface area contributed by atoms with E-state index in [1.165, 1.54) is 28.3 Å². The van der Waals surface area contributed by atoms with Gasteiger partial charge in [0.15, 0.2) is 16.6 Å². The first-order chi connectivity index (χ1) is 25.5. The highest BCUT2D eigenvalue weighted by molar-refractivity contribution is 6.11. The minimum Gasteiger partial charge on any atom is -0.437 e. The molecular formula is C43H41N4O+. The third-order valence-electron chi connectivity index (χ3n) is 9.60. The fourth-order valence-corrected chi connectivity index (χ4v) is 7.25. The van der Waals surface area contributed by atoms with Crippen LogP contribution in [0.15, 0.2) is 95.4 Å². The minimum atomic E-state index is -2.69. The average molecular weight is 636 g/mol. The van der Waals surface area contributed by atoms with Crippen molar-refractivity contribution in [2.24, 2.45) is 7.05 Å². The van der Waals surface area contributed by atoms with Gasteiger partial charge >= 0.3 is 0 Å². The first-order valence-corrected chi connectivity index (χ1v) is 16.5. The molecule has 0 radical (unpaired) electrons. The van der Waals surface area contributed by atoms with Gasteiger partial charge in [-0.1, -0.05) is 82.3 Å². The summed E-state index contributed by atoms with van der Waals surface area (Å²) in [7, 11) is 2.08. The zero-order valence-electron chi connectivity index (χ0n) is 34.0. The summed E-state index contributed by atoms with van der Waals surface area (Å²) in [5, 5.41) is 1.81. The molecule has 0 spiro atoms. The van der Waals surface area contributed by atoms with Crippen LogP contribution < -0.4 is 4.57 Å². The number of fused-ring (bicyclic) bond motifs is 5. The topological polar surface area (TPSA) is 47.7 Å². The second-order valence-electron chi connectivity index (χ2n) is 13.4. The molecule has 0 unspecified atom stereocenters. The van der Waals surface area contributed by atoms with Crippen molar-refractivity contribution in [2.75, 3.05) is 0 Å². The van der Waals surface area contributed by atoms with Crippen molar-refractivity contribution in [3.05, 3.63) is 119 Å². The number of nitrogens with zero attached hydrogens (tertiary/aromatic N) is 4. The van der Waals surface area contributed by atoms with E-state index < -0.39 is 13.7 Å². The highest BCUT2D eigenvalue weighted by atomic mass is 16.3. The van der Waals surface area contributed by atoms with E-state index in [-0.39, 0.29) is 34.5 Å². The van der Waals surface area contributed by atoms with Crippen LogP contribution in [0.5, 0.6) is 0 Å². The smallest absolute Gasteiger partial charge is 0.299 e. The van der Waals surface area contributed by atoms with Crippen molar-refractivity contribution in [1.29, 1.82) is 0 Å². The molecule has 8 aromatic rings. The molecular weight excluding hydrogens is 589 g/mol. The van der Waals surface area contributed by atoms with Crippen molar-refractivity contribution in [3.63, 3.8) is 0 Å². The minimum absolute atomic E-state index is 0.0918. The number of pyridine rings is 2. The van der Waals surface area contributed by atoms with Crippen molar-refractivity contribution >= 4 is 44.0 Å². The molecule has 0 saturated heterocycles. The summed E-state index contributed by atoms with van der Waals surface area (Å²) in [4.78, 5) is 8.84. The van der Waals surface area contributed by atoms with E-state index in [2.05, 4.69) is 123 Å². The van der Waals surface area contributed by atoms with Gasteiger partial charge in [0, 0.05) is 41.2 Å². The highest BCUT2D eigenvalue weighted by Crippen LogP contribution is 2.43. The van der Waals surface area contributed by atoms with E-state index in [1.54, 1.807) is 6.07 Å². The molecule has 8 rings (SSSR count). The molecule has 4 aromatic heterocycles. The first kappa shape index (κ1) is 23.9. The number of benzene rings is 4. The summed E-state index contributed by atoms with van der Waals surface area (Å²) in [5.74, 6) is 1.32. The monoisotopic (exact) mass is 635 g/mol. The van der Waals surface area contributed by atoms with Crippen LogP contribution in [0.25, 0.3) is 72.2 Å². The Morgan fingerprint density at radius 2 is 1.50 bits per heavy atom. The van der Waals surface area contributed by atoms with Gasteiger partial charge in [-0.3, -0.25) is 4.98 Å². The molecule has 0 aliphatic carbocycles. The lowest BCUT2D eigenvalue weighted by Gasteiger charge is -2.21. The van der Waals surface area contributed by atoms with Gasteiger partial charge in [0.05, 0.1) is 18.3 Å². The molecule has 5 nitrogen and oxygen atoms in total. The number of aromatic nitrogens is 4. The van der Waals surface area contributed by atoms with Gasteiger partial charge in [0.25, 0.3) is 5.82 Å². The largest absolute Gasteiger partial charge is 0.437 e. The van der Waals surface area contributed by atoms with Crippen LogP contribution in [0.4, 0.5) is 0 Å². The van der Waals surface area contributed by atoms with Crippen LogP contribution in [0.3, 0.4) is 0 Å². The second kappa shape index (κ2) is 11.2. The molecule has 0 N–H and O–H groups in total. The van der Waals surface area contributed by atoms with E-state index in [0.29, 0.717) is 16.4 Å². The number of para-hydroxylation sites is 2. The van der Waals surface area contributed by atoms with E-state index in [0.717, 1.165) is 39.1 Å². The van der Waals surface area contributed by atoms with Gasteiger partial charge in [-0.15, -0.1) is 0 Å². The van der Waals surface area contributed by atoms with Crippen molar-refractivity contribution in [1.82, 2.24) is 14.5 Å². The van der Waals surface area contributed by atoms with E-state index >= 15 is 0 Å². The predicted molar refractivity (Wildman–Crippen MR) is 198 cm³/mol. The molecule has 238 valence electrons. The van der Waals surface area contributed by atoms with E-state index in [4.69, 9.17) is 17.6 Å². The van der Waals surface area contributed by atoms with E-state index in [9.17, 15) is 0 Å². The Labute approximate surface area is 289 Å². The molecule has 4 aromatic carbocycles. The Hall–Kier alpha value is -5.29. The summed E-state index contributed by atoms with van der Waals surface area (Å²) in [6.07, 6.45) is 0. The number of furan rings is 1. The molecule has 4 heterocycles. The van der Waals surface area contributed by atoms with Gasteiger partial charge in [-0.25, -0.2) is 9.55 Å². The maximum absolute atomic E-state index is 8.20. The van der Waals surface area contributed by atoms with Crippen LogP contribution in [0, 0.1) is 20.6 Å². The number of aryl methyl sites for hydroxylation is 4. The van der Waals surface area contributed by atoms with E-state index in [1.807, 2.05) is 12.1 Å². The number of imidazole rings is 1. The van der Waals surface area contributed by atoms with Crippen LogP contribution in [-0.4, -0.2) is 14.5 Å². The SMILES string of the molecule is [2H]C([2H])([2H])c1cc2cc3c(nc2c(C([2H])([2H])[2H])n1)oc1c(-c2n(-c4c(C(C)C)cc(-c5ccccc5)cc4C(C)C)c4ccccc4[n+]2C)c(C)ccc13. The molecule has 48 heavy (non-hydrogen) atoms. The van der Waals surface area contributed by atoms with Crippen LogP contribution in [0.2, 0.25) is 0 Å². The van der Waals surface area contributed by atoms with Gasteiger partial charge in [0.2, 0.25) is 5.71 Å². The van der Waals surface area contributed by atoms with Gasteiger partial charge < -0.3 is 4.42 Å². The van der Waals surface area contributed by atoms with Crippen LogP contribution in [-0.2, 0) is 7.05 Å². The number of hydrogen-bond donors (Lipinski definition) is 0. The summed E-state index contributed by atoms with van der Waals surface area (Å²) < 4.78 is 59.9. The molecule has 0 aliphatic rings. The molecule has 0 bridgehead atoms. The van der Waals surface area contributed by atoms with Gasteiger partial charge in [0.1, 0.15) is 11.3 Å². The lowest BCUT2D eigenvalue weighted by Crippen LogP contribution is -2.30. The maximum Gasteiger partial charge on any atom is 0.299 e. The third-order valence-corrected chi connectivity index (χ3v) is 9.60. The zero-order valence-corrected chi connectivity index (χ0v) is 28.0. The molecule has 5 heteroatoms. The highest BCUT2D eigenvalue weighted by Gasteiger charge is 2.34. The van der Waals surface area contributed by atoms with Crippen LogP contribution in [0.1, 0.15) is 75.8 Å². The quantitative estimate of drug-likeness (QED) is 0.177. The Kier molecular flexibility index (Phi) is 5.57. The summed E-state index contributed by atoms with van der Waals surface area (Å²) in [6.45, 7) is 5.74. The Morgan fingerprint density at radius 1 is 0.771 bits per heavy atom. The summed E-state index contributed by atoms with van der Waals surface area (Å²) >= 11 is 0. The number of rotatable bonds is 5. The molecule has 0 fully saturated rings. The summed E-state index contributed by atoms with van der Waals surface area (Å²) in [5.41, 5.74) is 10.2. The van der Waals surface area contributed by atoms with Crippen molar-refractivity contribution in [3.8, 4) is 28.2 Å². The van der Waals surface area contributed by atoms with Gasteiger partial charge in [-0.2, -0.15) is 4.57 Å². The number of hydrogen-bond acceptors (Lipinski definition) is 3. The molecule has 0 amide bonds. The maximum atomic E-state index is 8.20. The predicted octanol–water partition coefficient (Wildman–Crippen LogP) is 10.8. The molecule has 0 aliphatic heterocycles. The Bertz CT molecular complexity index is 2750. The van der Waals surface area contributed by atoms with Crippen molar-refractivity contribution < 1.29 is 17.2 Å². The third kappa shape index (κ3) is 4.56. The standard InChI is InChI=1S/C43H41N4O/c1-24(2)33-21-30(29-14-10-9-11-15-29)22-34(25(3)4)40(33)47-37-17-13-12-16-36(37)46(8)43(47)38-26(5)18-19-32-35-23-31-20-27(6)44-28(7)39(31)45-42(35)48-41(32)38/h9-25H,1-8H3/q+1/i6D3,7D3. The van der Waals surface area contributed by atoms with Crippen LogP contribution >= 0.6 is 0 Å². The molecule has 0 atom stereocenters. The second-order valence-corrected chi connectivity index (χ2v) is 13.4. The Balaban J connectivity index is 1.49. The summed E-state index contributed by atoms with van der Waals surface area (Å²) in [6, 6.07) is 30.8. The normalized spacial score (nSPS) is 14.5.